The summed E-state index contributed by atoms with van der Waals surface area (Å²) in [6, 6.07) is 45.3. The molecule has 1 spiro atoms. The predicted molar refractivity (Wildman–Crippen MR) is 193 cm³/mol. The second-order valence-corrected chi connectivity index (χ2v) is 13.1. The van der Waals surface area contributed by atoms with Crippen molar-refractivity contribution in [3.63, 3.8) is 0 Å². The van der Waals surface area contributed by atoms with Crippen LogP contribution in [0.25, 0.3) is 39.0 Å². The molecule has 3 nitrogen and oxygen atoms in total. The lowest BCUT2D eigenvalue weighted by Gasteiger charge is -2.42. The Kier molecular flexibility index (Phi) is 6.04. The number of fused-ring (bicyclic) bond motifs is 9. The van der Waals surface area contributed by atoms with Crippen LogP contribution in [0.2, 0.25) is 0 Å². The van der Waals surface area contributed by atoms with Gasteiger partial charge in [-0.2, -0.15) is 0 Å². The molecular formula is C45H32N2O. The van der Waals surface area contributed by atoms with E-state index >= 15 is 0 Å². The smallest absolute Gasteiger partial charge is 0.160 e. The second-order valence-electron chi connectivity index (χ2n) is 13.1. The quantitative estimate of drug-likeness (QED) is 0.198. The van der Waals surface area contributed by atoms with Crippen LogP contribution in [0.15, 0.2) is 168 Å². The molecule has 5 aromatic carbocycles. The van der Waals surface area contributed by atoms with Crippen LogP contribution in [0.4, 0.5) is 0 Å². The van der Waals surface area contributed by atoms with Crippen LogP contribution in [0.5, 0.6) is 5.75 Å². The molecule has 0 atom stereocenters. The molecule has 228 valence electrons. The third-order valence-electron chi connectivity index (χ3n) is 10.6. The van der Waals surface area contributed by atoms with Gasteiger partial charge in [0, 0.05) is 16.5 Å². The van der Waals surface area contributed by atoms with Gasteiger partial charge >= 0.3 is 0 Å². The molecule has 0 radical (unpaired) electrons. The van der Waals surface area contributed by atoms with Crippen LogP contribution in [-0.4, -0.2) is 9.97 Å². The van der Waals surface area contributed by atoms with Gasteiger partial charge in [-0.15, -0.1) is 0 Å². The van der Waals surface area contributed by atoms with Gasteiger partial charge in [-0.25, -0.2) is 9.97 Å². The third-order valence-corrected chi connectivity index (χ3v) is 10.6. The minimum atomic E-state index is -0.366. The maximum absolute atomic E-state index is 6.84. The summed E-state index contributed by atoms with van der Waals surface area (Å²) >= 11 is 0. The molecule has 3 heteroatoms. The first-order valence-electron chi connectivity index (χ1n) is 16.9. The average molecular weight is 617 g/mol. The van der Waals surface area contributed by atoms with E-state index in [4.69, 9.17) is 14.7 Å². The highest BCUT2D eigenvalue weighted by Gasteiger charge is 2.52. The van der Waals surface area contributed by atoms with E-state index in [1.807, 2.05) is 18.2 Å². The van der Waals surface area contributed by atoms with Crippen LogP contribution in [0, 0.1) is 0 Å². The van der Waals surface area contributed by atoms with Crippen molar-refractivity contribution in [3.8, 4) is 28.3 Å². The van der Waals surface area contributed by atoms with E-state index in [9.17, 15) is 0 Å². The van der Waals surface area contributed by atoms with Crippen LogP contribution in [-0.2, 0) is 5.41 Å². The van der Waals surface area contributed by atoms with E-state index in [0.717, 1.165) is 65.2 Å². The summed E-state index contributed by atoms with van der Waals surface area (Å²) in [6.45, 7) is 0. The number of allylic oxidation sites excluding steroid dienone is 7. The van der Waals surface area contributed by atoms with Gasteiger partial charge in [-0.05, 0) is 94.5 Å². The van der Waals surface area contributed by atoms with E-state index in [1.165, 1.54) is 50.1 Å². The first kappa shape index (κ1) is 27.3. The lowest BCUT2D eigenvalue weighted by Crippen LogP contribution is -2.35. The SMILES string of the molecule is C1=C(C2=CC3=C(CC2)C2(c4ccccc4O3)c3ccccc3-c3ccccc32)C=C(c2nc(-c3ccccc3)nc3ccccc23)CC1. The summed E-state index contributed by atoms with van der Waals surface area (Å²) in [5.41, 5.74) is 14.5. The summed E-state index contributed by atoms with van der Waals surface area (Å²) in [6.07, 6.45) is 10.9. The molecule has 0 saturated carbocycles. The monoisotopic (exact) mass is 616 g/mol. The molecule has 4 aliphatic rings. The Balaban J connectivity index is 1.12. The minimum absolute atomic E-state index is 0.366. The maximum atomic E-state index is 6.84. The number of rotatable bonds is 3. The highest BCUT2D eigenvalue weighted by Crippen LogP contribution is 2.62. The van der Waals surface area contributed by atoms with E-state index in [1.54, 1.807) is 0 Å². The zero-order valence-corrected chi connectivity index (χ0v) is 26.5. The lowest BCUT2D eigenvalue weighted by molar-refractivity contribution is 0.387. The fourth-order valence-corrected chi connectivity index (χ4v) is 8.54. The molecule has 0 unspecified atom stereocenters. The van der Waals surface area contributed by atoms with Crippen LogP contribution in [0.3, 0.4) is 0 Å². The molecule has 0 bridgehead atoms. The normalized spacial score (nSPS) is 17.0. The standard InChI is InChI=1S/C45H32N2O/c1-2-13-29(14-3-1)44-46-40-23-10-6-19-35(40)43(47-44)32-16-12-15-30(27-32)31-25-26-39-42(28-31)48-41-24-11-9-22-38(41)45(39)36-20-7-4-17-33(36)34-18-5-8-21-37(34)45/h1-11,13-15,17-24,27-28H,12,16,25-26H2. The van der Waals surface area contributed by atoms with Gasteiger partial charge in [0.1, 0.15) is 11.5 Å². The van der Waals surface area contributed by atoms with Crippen molar-refractivity contribution in [1.82, 2.24) is 9.97 Å². The predicted octanol–water partition coefficient (Wildman–Crippen LogP) is 10.8. The van der Waals surface area contributed by atoms with Crippen LogP contribution >= 0.6 is 0 Å². The van der Waals surface area contributed by atoms with Gasteiger partial charge in [0.25, 0.3) is 0 Å². The number of benzene rings is 5. The van der Waals surface area contributed by atoms with Crippen molar-refractivity contribution < 1.29 is 4.74 Å². The first-order valence-corrected chi connectivity index (χ1v) is 16.9. The van der Waals surface area contributed by atoms with Crippen molar-refractivity contribution in [3.05, 3.63) is 190 Å². The van der Waals surface area contributed by atoms with Crippen LogP contribution in [0.1, 0.15) is 48.1 Å². The zero-order chi connectivity index (χ0) is 31.7. The van der Waals surface area contributed by atoms with Crippen molar-refractivity contribution >= 4 is 16.5 Å². The maximum Gasteiger partial charge on any atom is 0.160 e. The van der Waals surface area contributed by atoms with Crippen molar-refractivity contribution in [1.29, 1.82) is 0 Å². The molecule has 0 saturated heterocycles. The molecule has 1 aliphatic heterocycles. The number of nitrogens with zero attached hydrogens (tertiary/aromatic N) is 2. The van der Waals surface area contributed by atoms with Gasteiger partial charge < -0.3 is 4.74 Å². The molecule has 0 amide bonds. The highest BCUT2D eigenvalue weighted by molar-refractivity contribution is 5.92. The van der Waals surface area contributed by atoms with Gasteiger partial charge in [0.05, 0.1) is 16.6 Å². The van der Waals surface area contributed by atoms with Gasteiger partial charge in [0.15, 0.2) is 5.82 Å². The molecule has 1 aromatic heterocycles. The minimum Gasteiger partial charge on any atom is -0.457 e. The number of para-hydroxylation sites is 2. The number of hydrogen-bond acceptors (Lipinski definition) is 3. The molecule has 3 aliphatic carbocycles. The summed E-state index contributed by atoms with van der Waals surface area (Å²) in [4.78, 5) is 10.1. The molecule has 6 aromatic rings. The Hall–Kier alpha value is -5.80. The van der Waals surface area contributed by atoms with Crippen molar-refractivity contribution in [2.24, 2.45) is 0 Å². The van der Waals surface area contributed by atoms with Crippen LogP contribution < -0.4 is 4.74 Å². The van der Waals surface area contributed by atoms with E-state index in [-0.39, 0.29) is 5.41 Å². The Morgan fingerprint density at radius 3 is 2.06 bits per heavy atom. The molecule has 0 fully saturated rings. The number of aromatic nitrogens is 2. The Bertz CT molecular complexity index is 2380. The van der Waals surface area contributed by atoms with E-state index in [2.05, 4.69) is 127 Å². The van der Waals surface area contributed by atoms with Crippen molar-refractivity contribution in [2.45, 2.75) is 31.1 Å². The zero-order valence-electron chi connectivity index (χ0n) is 26.5. The largest absolute Gasteiger partial charge is 0.457 e. The van der Waals surface area contributed by atoms with Gasteiger partial charge in [0.2, 0.25) is 0 Å². The summed E-state index contributed by atoms with van der Waals surface area (Å²) < 4.78 is 6.84. The number of ether oxygens (including phenoxy) is 1. The Morgan fingerprint density at radius 2 is 1.25 bits per heavy atom. The molecular weight excluding hydrogens is 585 g/mol. The van der Waals surface area contributed by atoms with Crippen molar-refractivity contribution in [2.75, 3.05) is 0 Å². The Morgan fingerprint density at radius 1 is 0.562 bits per heavy atom. The van der Waals surface area contributed by atoms with Gasteiger partial charge in [-0.1, -0.05) is 121 Å². The topological polar surface area (TPSA) is 35.0 Å². The molecule has 0 N–H and O–H groups in total. The highest BCUT2D eigenvalue weighted by atomic mass is 16.5. The van der Waals surface area contributed by atoms with Gasteiger partial charge in [-0.3, -0.25) is 0 Å². The summed E-state index contributed by atoms with van der Waals surface area (Å²) in [5, 5.41) is 1.10. The summed E-state index contributed by atoms with van der Waals surface area (Å²) in [7, 11) is 0. The molecule has 2 heterocycles. The fraction of sp³-hybridized carbons (Fsp3) is 0.111. The molecule has 10 rings (SSSR count). The average Bonchev–Trinajstić information content (AvgIpc) is 3.45. The van der Waals surface area contributed by atoms with E-state index in [0.29, 0.717) is 0 Å². The Labute approximate surface area is 280 Å². The fourth-order valence-electron chi connectivity index (χ4n) is 8.54. The lowest BCUT2D eigenvalue weighted by atomic mass is 9.63. The summed E-state index contributed by atoms with van der Waals surface area (Å²) in [5.74, 6) is 2.70. The first-order chi connectivity index (χ1) is 23.8. The number of hydrogen-bond donors (Lipinski definition) is 0. The van der Waals surface area contributed by atoms with E-state index < -0.39 is 0 Å². The molecule has 48 heavy (non-hydrogen) atoms. The third kappa shape index (κ3) is 3.94. The second kappa shape index (κ2) is 10.6.